The normalized spacial score (nSPS) is 22.0. The van der Waals surface area contributed by atoms with E-state index in [1.807, 2.05) is 31.2 Å². The molecule has 0 radical (unpaired) electrons. The van der Waals surface area contributed by atoms with E-state index in [0.717, 1.165) is 11.1 Å². The molecule has 2 rings (SSSR count). The number of benzene rings is 1. The molecule has 1 aliphatic rings. The molecular formula is C15H19NO4. The first kappa shape index (κ1) is 14.5. The van der Waals surface area contributed by atoms with Gasteiger partial charge in [0.15, 0.2) is 0 Å². The molecule has 0 unspecified atom stereocenters. The molecule has 1 saturated heterocycles. The summed E-state index contributed by atoms with van der Waals surface area (Å²) in [6.45, 7) is 2.10. The maximum absolute atomic E-state index is 12.1. The van der Waals surface area contributed by atoms with Crippen molar-refractivity contribution in [2.24, 2.45) is 0 Å². The van der Waals surface area contributed by atoms with Gasteiger partial charge in [-0.25, -0.2) is 4.79 Å². The number of hydrogen-bond donors (Lipinski definition) is 2. The van der Waals surface area contributed by atoms with Crippen molar-refractivity contribution < 1.29 is 19.8 Å². The Balaban J connectivity index is 1.98. The van der Waals surface area contributed by atoms with Crippen LogP contribution in [0.2, 0.25) is 0 Å². The predicted molar refractivity (Wildman–Crippen MR) is 73.3 cm³/mol. The van der Waals surface area contributed by atoms with Crippen LogP contribution in [0.4, 0.5) is 0 Å². The van der Waals surface area contributed by atoms with Gasteiger partial charge in [0.25, 0.3) is 0 Å². The molecule has 5 heteroatoms. The van der Waals surface area contributed by atoms with Gasteiger partial charge in [-0.05, 0) is 24.5 Å². The minimum absolute atomic E-state index is 0.115. The Labute approximate surface area is 117 Å². The Morgan fingerprint density at radius 1 is 1.35 bits per heavy atom. The van der Waals surface area contributed by atoms with Crippen LogP contribution in [0.5, 0.6) is 0 Å². The standard InChI is InChI=1S/C15H19NO4/c1-10-4-2-3-5-11(10)6-7-14(18)16-9-12(17)8-13(16)15(19)20/h2-5,12-13,17H,6-9H2,1H3,(H,19,20)/t12-,13+/m1/s1. The zero-order valence-electron chi connectivity index (χ0n) is 11.5. The van der Waals surface area contributed by atoms with Gasteiger partial charge in [0.05, 0.1) is 6.10 Å². The Morgan fingerprint density at radius 2 is 2.05 bits per heavy atom. The fourth-order valence-corrected chi connectivity index (χ4v) is 2.60. The summed E-state index contributed by atoms with van der Waals surface area (Å²) in [4.78, 5) is 24.5. The number of aliphatic hydroxyl groups excluding tert-OH is 1. The number of hydrogen-bond acceptors (Lipinski definition) is 3. The molecule has 0 spiro atoms. The smallest absolute Gasteiger partial charge is 0.326 e. The van der Waals surface area contributed by atoms with Gasteiger partial charge >= 0.3 is 5.97 Å². The van der Waals surface area contributed by atoms with E-state index in [2.05, 4.69) is 0 Å². The largest absolute Gasteiger partial charge is 0.480 e. The number of amides is 1. The lowest BCUT2D eigenvalue weighted by molar-refractivity contribution is -0.148. The van der Waals surface area contributed by atoms with Gasteiger partial charge in [-0.15, -0.1) is 0 Å². The molecule has 2 N–H and O–H groups in total. The molecule has 0 saturated carbocycles. The summed E-state index contributed by atoms with van der Waals surface area (Å²) in [6, 6.07) is 6.93. The second kappa shape index (κ2) is 6.05. The van der Waals surface area contributed by atoms with E-state index in [1.165, 1.54) is 4.90 Å². The lowest BCUT2D eigenvalue weighted by atomic mass is 10.0. The van der Waals surface area contributed by atoms with Crippen molar-refractivity contribution in [2.45, 2.75) is 38.3 Å². The average Bonchev–Trinajstić information content (AvgIpc) is 2.80. The molecule has 2 atom stereocenters. The highest BCUT2D eigenvalue weighted by atomic mass is 16.4. The van der Waals surface area contributed by atoms with Crippen molar-refractivity contribution in [2.75, 3.05) is 6.54 Å². The molecule has 5 nitrogen and oxygen atoms in total. The number of rotatable bonds is 4. The zero-order valence-corrected chi connectivity index (χ0v) is 11.5. The van der Waals surface area contributed by atoms with Gasteiger partial charge in [-0.2, -0.15) is 0 Å². The molecule has 0 bridgehead atoms. The Hall–Kier alpha value is -1.88. The fourth-order valence-electron chi connectivity index (χ4n) is 2.60. The molecule has 1 aromatic carbocycles. The first-order valence-corrected chi connectivity index (χ1v) is 6.74. The second-order valence-electron chi connectivity index (χ2n) is 5.22. The summed E-state index contributed by atoms with van der Waals surface area (Å²) < 4.78 is 0. The van der Waals surface area contributed by atoms with E-state index in [4.69, 9.17) is 5.11 Å². The van der Waals surface area contributed by atoms with E-state index in [9.17, 15) is 14.7 Å². The number of aryl methyl sites for hydroxylation is 2. The number of aliphatic hydroxyl groups is 1. The van der Waals surface area contributed by atoms with Crippen LogP contribution in [0.3, 0.4) is 0 Å². The van der Waals surface area contributed by atoms with Crippen LogP contribution in [-0.4, -0.2) is 45.7 Å². The molecule has 1 amide bonds. The summed E-state index contributed by atoms with van der Waals surface area (Å²) in [5.74, 6) is -1.26. The van der Waals surface area contributed by atoms with Crippen molar-refractivity contribution in [1.82, 2.24) is 4.90 Å². The SMILES string of the molecule is Cc1ccccc1CCC(=O)N1C[C@H](O)C[C@H]1C(=O)O. The van der Waals surface area contributed by atoms with Crippen molar-refractivity contribution in [3.05, 3.63) is 35.4 Å². The van der Waals surface area contributed by atoms with E-state index in [1.54, 1.807) is 0 Å². The third-order valence-corrected chi connectivity index (χ3v) is 3.75. The highest BCUT2D eigenvalue weighted by molar-refractivity contribution is 5.84. The number of β-amino-alcohol motifs (C(OH)–C–C–N with tert-alkyl or cyclic N) is 1. The minimum Gasteiger partial charge on any atom is -0.480 e. The van der Waals surface area contributed by atoms with Gasteiger partial charge in [-0.1, -0.05) is 24.3 Å². The number of nitrogens with zero attached hydrogens (tertiary/aromatic N) is 1. The second-order valence-corrected chi connectivity index (χ2v) is 5.22. The number of carboxylic acid groups (broad SMARTS) is 1. The summed E-state index contributed by atoms with van der Waals surface area (Å²) >= 11 is 0. The lowest BCUT2D eigenvalue weighted by Crippen LogP contribution is -2.40. The third kappa shape index (κ3) is 3.17. The average molecular weight is 277 g/mol. The van der Waals surface area contributed by atoms with Crippen LogP contribution in [-0.2, 0) is 16.0 Å². The Bertz CT molecular complexity index is 514. The van der Waals surface area contributed by atoms with Crippen LogP contribution < -0.4 is 0 Å². The van der Waals surface area contributed by atoms with Crippen molar-refractivity contribution in [3.8, 4) is 0 Å². The molecule has 1 aromatic rings. The van der Waals surface area contributed by atoms with Crippen molar-refractivity contribution in [3.63, 3.8) is 0 Å². The topological polar surface area (TPSA) is 77.8 Å². The summed E-state index contributed by atoms with van der Waals surface area (Å²) in [5, 5.41) is 18.6. The number of carbonyl (C=O) groups excluding carboxylic acids is 1. The molecule has 1 aliphatic heterocycles. The van der Waals surface area contributed by atoms with Crippen LogP contribution >= 0.6 is 0 Å². The highest BCUT2D eigenvalue weighted by Gasteiger charge is 2.38. The number of likely N-dealkylation sites (tertiary alicyclic amines) is 1. The lowest BCUT2D eigenvalue weighted by Gasteiger charge is -2.21. The summed E-state index contributed by atoms with van der Waals surface area (Å²) in [5.41, 5.74) is 2.21. The third-order valence-electron chi connectivity index (χ3n) is 3.75. The van der Waals surface area contributed by atoms with Gasteiger partial charge in [-0.3, -0.25) is 4.79 Å². The van der Waals surface area contributed by atoms with Crippen molar-refractivity contribution in [1.29, 1.82) is 0 Å². The van der Waals surface area contributed by atoms with E-state index in [0.29, 0.717) is 6.42 Å². The van der Waals surface area contributed by atoms with E-state index in [-0.39, 0.29) is 25.3 Å². The fraction of sp³-hybridized carbons (Fsp3) is 0.467. The van der Waals surface area contributed by atoms with Crippen molar-refractivity contribution >= 4 is 11.9 Å². The van der Waals surface area contributed by atoms with Gasteiger partial charge in [0.2, 0.25) is 5.91 Å². The number of carboxylic acids is 1. The monoisotopic (exact) mass is 277 g/mol. The maximum Gasteiger partial charge on any atom is 0.326 e. The van der Waals surface area contributed by atoms with Gasteiger partial charge in [0, 0.05) is 19.4 Å². The molecule has 1 heterocycles. The maximum atomic E-state index is 12.1. The molecule has 0 aliphatic carbocycles. The van der Waals surface area contributed by atoms with Gasteiger partial charge < -0.3 is 15.1 Å². The Morgan fingerprint density at radius 3 is 2.70 bits per heavy atom. The number of carbonyl (C=O) groups is 2. The molecule has 108 valence electrons. The first-order chi connectivity index (χ1) is 9.49. The summed E-state index contributed by atoms with van der Waals surface area (Å²) in [7, 11) is 0. The highest BCUT2D eigenvalue weighted by Crippen LogP contribution is 2.20. The first-order valence-electron chi connectivity index (χ1n) is 6.74. The number of aliphatic carboxylic acids is 1. The quantitative estimate of drug-likeness (QED) is 0.859. The minimum atomic E-state index is -1.05. The molecule has 1 fully saturated rings. The zero-order chi connectivity index (χ0) is 14.7. The summed E-state index contributed by atoms with van der Waals surface area (Å²) in [6.07, 6.45) is 0.232. The molecule has 20 heavy (non-hydrogen) atoms. The van der Waals surface area contributed by atoms with E-state index >= 15 is 0 Å². The van der Waals surface area contributed by atoms with Crippen LogP contribution in [0.25, 0.3) is 0 Å². The predicted octanol–water partition coefficient (Wildman–Crippen LogP) is 0.974. The van der Waals surface area contributed by atoms with Crippen LogP contribution in [0.1, 0.15) is 24.0 Å². The van der Waals surface area contributed by atoms with Gasteiger partial charge in [0.1, 0.15) is 6.04 Å². The molecule has 0 aromatic heterocycles. The molecular weight excluding hydrogens is 258 g/mol. The van der Waals surface area contributed by atoms with E-state index < -0.39 is 18.1 Å². The van der Waals surface area contributed by atoms with Crippen LogP contribution in [0.15, 0.2) is 24.3 Å². The Kier molecular flexibility index (Phi) is 4.39. The van der Waals surface area contributed by atoms with Crippen LogP contribution in [0, 0.1) is 6.92 Å².